The van der Waals surface area contributed by atoms with Crippen LogP contribution in [0.1, 0.15) is 19.2 Å². The second kappa shape index (κ2) is 8.52. The molecule has 0 saturated carbocycles. The van der Waals surface area contributed by atoms with Gasteiger partial charge in [-0.15, -0.1) is 0 Å². The molecule has 1 amide bonds. The van der Waals surface area contributed by atoms with Crippen LogP contribution in [-0.4, -0.2) is 43.2 Å². The largest absolute Gasteiger partial charge is 0.466 e. The van der Waals surface area contributed by atoms with Gasteiger partial charge in [-0.25, -0.2) is 9.50 Å². The van der Waals surface area contributed by atoms with Crippen LogP contribution in [0.15, 0.2) is 53.3 Å². The summed E-state index contributed by atoms with van der Waals surface area (Å²) in [6, 6.07) is 11.3. The van der Waals surface area contributed by atoms with Crippen LogP contribution in [0.4, 0.5) is 0 Å². The van der Waals surface area contributed by atoms with E-state index in [1.807, 2.05) is 42.6 Å². The molecule has 0 saturated heterocycles. The summed E-state index contributed by atoms with van der Waals surface area (Å²) in [7, 11) is 0. The monoisotopic (exact) mass is 406 g/mol. The second-order valence-electron chi connectivity index (χ2n) is 6.30. The molecule has 4 aromatic rings. The van der Waals surface area contributed by atoms with Crippen LogP contribution in [0.5, 0.6) is 0 Å². The van der Waals surface area contributed by atoms with Crippen molar-refractivity contribution in [1.29, 1.82) is 0 Å². The van der Waals surface area contributed by atoms with Crippen LogP contribution in [0.25, 0.3) is 28.3 Å². The summed E-state index contributed by atoms with van der Waals surface area (Å²) < 4.78 is 11.6. The Morgan fingerprint density at radius 2 is 2.03 bits per heavy atom. The standard InChI is InChI=1S/C20H18N6O4/c1-2-29-19(28)10-17(27)21-11-18-24-20(25-30-18)14-6-3-5-13(9-14)15-12-26-16(23-15)7-4-8-22-26/h3-9,12H,2,10-11H2,1H3,(H,21,27). The van der Waals surface area contributed by atoms with E-state index >= 15 is 0 Å². The number of esters is 1. The van der Waals surface area contributed by atoms with Crippen LogP contribution >= 0.6 is 0 Å². The van der Waals surface area contributed by atoms with Gasteiger partial charge in [0.15, 0.2) is 5.65 Å². The molecule has 0 aliphatic rings. The van der Waals surface area contributed by atoms with Crippen LogP contribution in [0.2, 0.25) is 0 Å². The fourth-order valence-electron chi connectivity index (χ4n) is 2.81. The van der Waals surface area contributed by atoms with Gasteiger partial charge < -0.3 is 14.6 Å². The molecule has 0 spiro atoms. The van der Waals surface area contributed by atoms with E-state index in [2.05, 4.69) is 25.5 Å². The maximum absolute atomic E-state index is 11.7. The molecule has 4 rings (SSSR count). The number of amides is 1. The van der Waals surface area contributed by atoms with Crippen molar-refractivity contribution in [2.75, 3.05) is 6.61 Å². The van der Waals surface area contributed by atoms with Gasteiger partial charge in [-0.05, 0) is 25.1 Å². The third-order valence-corrected chi connectivity index (χ3v) is 4.17. The molecule has 0 radical (unpaired) electrons. The summed E-state index contributed by atoms with van der Waals surface area (Å²) >= 11 is 0. The van der Waals surface area contributed by atoms with E-state index in [9.17, 15) is 9.59 Å². The summed E-state index contributed by atoms with van der Waals surface area (Å²) in [5.74, 6) is -0.450. The third kappa shape index (κ3) is 4.32. The Hall–Kier alpha value is -4.08. The number of rotatable bonds is 7. The molecule has 152 valence electrons. The fourth-order valence-corrected chi connectivity index (χ4v) is 2.81. The first-order chi connectivity index (χ1) is 14.6. The normalized spacial score (nSPS) is 10.8. The minimum absolute atomic E-state index is 0.0169. The van der Waals surface area contributed by atoms with E-state index in [1.54, 1.807) is 17.6 Å². The average molecular weight is 406 g/mol. The molecule has 1 N–H and O–H groups in total. The van der Waals surface area contributed by atoms with Crippen molar-refractivity contribution < 1.29 is 18.8 Å². The molecule has 1 aromatic carbocycles. The molecule has 10 nitrogen and oxygen atoms in total. The summed E-state index contributed by atoms with van der Waals surface area (Å²) in [5.41, 5.74) is 3.14. The van der Waals surface area contributed by atoms with Gasteiger partial charge in [-0.3, -0.25) is 9.59 Å². The third-order valence-electron chi connectivity index (χ3n) is 4.17. The maximum Gasteiger partial charge on any atom is 0.315 e. The molecule has 0 aliphatic heterocycles. The first-order valence-electron chi connectivity index (χ1n) is 9.28. The Morgan fingerprint density at radius 1 is 1.17 bits per heavy atom. The number of carbonyl (C=O) groups excluding carboxylic acids is 2. The van der Waals surface area contributed by atoms with Gasteiger partial charge in [-0.1, -0.05) is 23.4 Å². The number of fused-ring (bicyclic) bond motifs is 1. The first-order valence-corrected chi connectivity index (χ1v) is 9.28. The summed E-state index contributed by atoms with van der Waals surface area (Å²) in [6.07, 6.45) is 3.18. The number of benzene rings is 1. The molecule has 0 fully saturated rings. The van der Waals surface area contributed by atoms with Gasteiger partial charge in [0.05, 0.1) is 25.0 Å². The molecule has 0 atom stereocenters. The maximum atomic E-state index is 11.7. The lowest BCUT2D eigenvalue weighted by Gasteiger charge is -2.02. The second-order valence-corrected chi connectivity index (χ2v) is 6.30. The van der Waals surface area contributed by atoms with Crippen molar-refractivity contribution in [1.82, 2.24) is 30.1 Å². The lowest BCUT2D eigenvalue weighted by molar-refractivity contribution is -0.146. The zero-order chi connectivity index (χ0) is 20.9. The highest BCUT2D eigenvalue weighted by molar-refractivity contribution is 5.94. The Balaban J connectivity index is 1.45. The van der Waals surface area contributed by atoms with Gasteiger partial charge in [-0.2, -0.15) is 10.1 Å². The Kier molecular flexibility index (Phi) is 5.46. The molecular weight excluding hydrogens is 388 g/mol. The van der Waals surface area contributed by atoms with E-state index in [1.165, 1.54) is 0 Å². The van der Waals surface area contributed by atoms with Crippen LogP contribution in [0.3, 0.4) is 0 Å². The number of imidazole rings is 1. The van der Waals surface area contributed by atoms with Gasteiger partial charge in [0.2, 0.25) is 17.6 Å². The van der Waals surface area contributed by atoms with Crippen molar-refractivity contribution in [3.05, 3.63) is 54.7 Å². The Labute approximate surface area is 170 Å². The number of nitrogens with zero attached hydrogens (tertiary/aromatic N) is 5. The van der Waals surface area contributed by atoms with Crippen molar-refractivity contribution >= 4 is 17.5 Å². The van der Waals surface area contributed by atoms with E-state index in [-0.39, 0.29) is 25.5 Å². The van der Waals surface area contributed by atoms with Crippen molar-refractivity contribution in [2.24, 2.45) is 0 Å². The van der Waals surface area contributed by atoms with Gasteiger partial charge in [0.25, 0.3) is 0 Å². The van der Waals surface area contributed by atoms with Gasteiger partial charge in [0.1, 0.15) is 6.42 Å². The van der Waals surface area contributed by atoms with Crippen LogP contribution in [-0.2, 0) is 20.9 Å². The SMILES string of the molecule is CCOC(=O)CC(=O)NCc1nc(-c2cccc(-c3cn4ncccc4n3)c2)no1. The van der Waals surface area contributed by atoms with Gasteiger partial charge in [0, 0.05) is 17.3 Å². The smallest absolute Gasteiger partial charge is 0.315 e. The Bertz CT molecular complexity index is 1170. The van der Waals surface area contributed by atoms with Crippen LogP contribution < -0.4 is 5.32 Å². The number of aromatic nitrogens is 5. The number of hydrogen-bond acceptors (Lipinski definition) is 8. The van der Waals surface area contributed by atoms with Crippen molar-refractivity contribution in [3.63, 3.8) is 0 Å². The van der Waals surface area contributed by atoms with Crippen molar-refractivity contribution in [3.8, 4) is 22.6 Å². The van der Waals surface area contributed by atoms with E-state index < -0.39 is 11.9 Å². The van der Waals surface area contributed by atoms with Crippen LogP contribution in [0, 0.1) is 0 Å². The molecule has 3 heterocycles. The molecule has 0 bridgehead atoms. The average Bonchev–Trinajstić information content (AvgIpc) is 3.40. The highest BCUT2D eigenvalue weighted by Crippen LogP contribution is 2.24. The Morgan fingerprint density at radius 3 is 2.87 bits per heavy atom. The first kappa shape index (κ1) is 19.2. The number of nitrogens with one attached hydrogen (secondary N) is 1. The highest BCUT2D eigenvalue weighted by atomic mass is 16.5. The zero-order valence-electron chi connectivity index (χ0n) is 16.1. The number of carbonyl (C=O) groups is 2. The minimum Gasteiger partial charge on any atom is -0.466 e. The number of hydrogen-bond donors (Lipinski definition) is 1. The summed E-state index contributed by atoms with van der Waals surface area (Å²) in [5, 5.41) is 10.7. The van der Waals surface area contributed by atoms with E-state index in [0.717, 1.165) is 22.5 Å². The molecule has 3 aromatic heterocycles. The highest BCUT2D eigenvalue weighted by Gasteiger charge is 2.14. The lowest BCUT2D eigenvalue weighted by Crippen LogP contribution is -2.26. The van der Waals surface area contributed by atoms with Gasteiger partial charge >= 0.3 is 5.97 Å². The number of ether oxygens (including phenoxy) is 1. The zero-order valence-corrected chi connectivity index (χ0v) is 16.1. The van der Waals surface area contributed by atoms with Crippen molar-refractivity contribution in [2.45, 2.75) is 19.9 Å². The lowest BCUT2D eigenvalue weighted by atomic mass is 10.1. The molecule has 30 heavy (non-hydrogen) atoms. The summed E-state index contributed by atoms with van der Waals surface area (Å²) in [4.78, 5) is 31.9. The summed E-state index contributed by atoms with van der Waals surface area (Å²) in [6.45, 7) is 1.92. The molecule has 10 heteroatoms. The molecular formula is C20H18N6O4. The van der Waals surface area contributed by atoms with E-state index in [0.29, 0.717) is 5.82 Å². The molecule has 0 unspecified atom stereocenters. The predicted octanol–water partition coefficient (Wildman–Crippen LogP) is 2.02. The minimum atomic E-state index is -0.583. The predicted molar refractivity (Wildman–Crippen MR) is 105 cm³/mol. The molecule has 0 aliphatic carbocycles. The fraction of sp³-hybridized carbons (Fsp3) is 0.200. The quantitative estimate of drug-likeness (QED) is 0.365. The van der Waals surface area contributed by atoms with E-state index in [4.69, 9.17) is 9.26 Å². The topological polar surface area (TPSA) is 125 Å².